The van der Waals surface area contributed by atoms with Crippen LogP contribution in [0, 0.1) is 22.2 Å². The van der Waals surface area contributed by atoms with Gasteiger partial charge in [0.05, 0.1) is 0 Å². The van der Waals surface area contributed by atoms with E-state index in [-0.39, 0.29) is 16.9 Å². The lowest BCUT2D eigenvalue weighted by molar-refractivity contribution is -0.125. The second kappa shape index (κ2) is 3.49. The maximum absolute atomic E-state index is 12.3. The minimum absolute atomic E-state index is 0.111. The predicted molar refractivity (Wildman–Crippen MR) is 70.6 cm³/mol. The molecule has 0 radical (unpaired) electrons. The minimum atomic E-state index is 0.111. The fourth-order valence-corrected chi connectivity index (χ4v) is 3.41. The highest BCUT2D eigenvalue weighted by molar-refractivity contribution is 5.83. The van der Waals surface area contributed by atoms with Crippen molar-refractivity contribution in [1.29, 1.82) is 0 Å². The molecule has 2 aliphatic rings. The quantitative estimate of drug-likeness (QED) is 0.784. The first kappa shape index (κ1) is 12.9. The Kier molecular flexibility index (Phi) is 2.65. The van der Waals surface area contributed by atoms with Crippen molar-refractivity contribution in [3.05, 3.63) is 0 Å². The lowest BCUT2D eigenvalue weighted by Crippen LogP contribution is -2.52. The molecule has 0 aromatic heterocycles. The van der Waals surface area contributed by atoms with Gasteiger partial charge >= 0.3 is 0 Å². The van der Waals surface area contributed by atoms with Crippen molar-refractivity contribution >= 4 is 5.91 Å². The highest BCUT2D eigenvalue weighted by Gasteiger charge is 2.66. The van der Waals surface area contributed by atoms with Gasteiger partial charge in [-0.1, -0.05) is 41.5 Å². The van der Waals surface area contributed by atoms with Gasteiger partial charge in [-0.25, -0.2) is 0 Å². The SMILES string of the molecule is CC(C)(C)C(NC(=O)C1CC12CC2)C(C)(C)C. The Morgan fingerprint density at radius 1 is 1.12 bits per heavy atom. The number of carbonyl (C=O) groups is 1. The normalized spacial score (nSPS) is 26.2. The molecule has 2 fully saturated rings. The first-order valence-corrected chi connectivity index (χ1v) is 6.87. The highest BCUT2D eigenvalue weighted by atomic mass is 16.2. The average molecular weight is 237 g/mol. The van der Waals surface area contributed by atoms with Gasteiger partial charge in [-0.2, -0.15) is 0 Å². The van der Waals surface area contributed by atoms with Crippen LogP contribution in [0.3, 0.4) is 0 Å². The van der Waals surface area contributed by atoms with Crippen LogP contribution in [0.5, 0.6) is 0 Å². The van der Waals surface area contributed by atoms with E-state index < -0.39 is 0 Å². The molecule has 0 aliphatic heterocycles. The van der Waals surface area contributed by atoms with E-state index in [0.29, 0.717) is 17.2 Å². The molecule has 1 unspecified atom stereocenters. The summed E-state index contributed by atoms with van der Waals surface area (Å²) in [4.78, 5) is 12.3. The molecular weight excluding hydrogens is 210 g/mol. The molecular formula is C15H27NO. The number of nitrogens with one attached hydrogen (secondary N) is 1. The molecule has 0 aromatic rings. The smallest absolute Gasteiger partial charge is 0.223 e. The maximum atomic E-state index is 12.3. The lowest BCUT2D eigenvalue weighted by Gasteiger charge is -2.41. The van der Waals surface area contributed by atoms with Gasteiger partial charge in [0.15, 0.2) is 0 Å². The van der Waals surface area contributed by atoms with Crippen LogP contribution in [0.2, 0.25) is 0 Å². The Bertz CT molecular complexity index is 314. The topological polar surface area (TPSA) is 29.1 Å². The van der Waals surface area contributed by atoms with Crippen molar-refractivity contribution in [2.45, 2.75) is 66.8 Å². The van der Waals surface area contributed by atoms with E-state index in [1.54, 1.807) is 0 Å². The van der Waals surface area contributed by atoms with Crippen molar-refractivity contribution in [3.8, 4) is 0 Å². The zero-order valence-corrected chi connectivity index (χ0v) is 12.2. The highest BCUT2D eigenvalue weighted by Crippen LogP contribution is 2.70. The third kappa shape index (κ3) is 2.51. The first-order valence-electron chi connectivity index (χ1n) is 6.87. The zero-order chi connectivity index (χ0) is 13.1. The Morgan fingerprint density at radius 3 is 1.88 bits per heavy atom. The van der Waals surface area contributed by atoms with Gasteiger partial charge in [-0.3, -0.25) is 4.79 Å². The van der Waals surface area contributed by atoms with E-state index in [1.165, 1.54) is 12.8 Å². The molecule has 2 saturated carbocycles. The summed E-state index contributed by atoms with van der Waals surface area (Å²) in [6.07, 6.45) is 3.70. The van der Waals surface area contributed by atoms with Crippen LogP contribution in [0.1, 0.15) is 60.8 Å². The summed E-state index contributed by atoms with van der Waals surface area (Å²) < 4.78 is 0. The Morgan fingerprint density at radius 2 is 1.59 bits per heavy atom. The van der Waals surface area contributed by atoms with Gasteiger partial charge in [0.25, 0.3) is 0 Å². The van der Waals surface area contributed by atoms with Crippen molar-refractivity contribution in [3.63, 3.8) is 0 Å². The fourth-order valence-electron chi connectivity index (χ4n) is 3.41. The molecule has 1 amide bonds. The van der Waals surface area contributed by atoms with Crippen LogP contribution in [0.25, 0.3) is 0 Å². The summed E-state index contributed by atoms with van der Waals surface area (Å²) in [5.74, 6) is 0.632. The van der Waals surface area contributed by atoms with E-state index in [4.69, 9.17) is 0 Å². The van der Waals surface area contributed by atoms with E-state index >= 15 is 0 Å². The van der Waals surface area contributed by atoms with E-state index in [0.717, 1.165) is 6.42 Å². The molecule has 0 aromatic carbocycles. The van der Waals surface area contributed by atoms with Crippen molar-refractivity contribution in [1.82, 2.24) is 5.32 Å². The standard InChI is InChI=1S/C15H27NO/c1-13(2,3)12(14(4,5)6)16-11(17)10-9-15(10)7-8-15/h10,12H,7-9H2,1-6H3,(H,16,17). The van der Waals surface area contributed by atoms with Crippen LogP contribution in [-0.4, -0.2) is 11.9 Å². The van der Waals surface area contributed by atoms with Gasteiger partial charge in [0, 0.05) is 12.0 Å². The fraction of sp³-hybridized carbons (Fsp3) is 0.933. The molecule has 1 N–H and O–H groups in total. The summed E-state index contributed by atoms with van der Waals surface area (Å²) in [5.41, 5.74) is 0.684. The molecule has 2 rings (SSSR count). The van der Waals surface area contributed by atoms with Gasteiger partial charge < -0.3 is 5.32 Å². The molecule has 17 heavy (non-hydrogen) atoms. The second-order valence-corrected chi connectivity index (χ2v) is 8.29. The monoisotopic (exact) mass is 237 g/mol. The summed E-state index contributed by atoms with van der Waals surface area (Å²) in [7, 11) is 0. The van der Waals surface area contributed by atoms with Gasteiger partial charge in [-0.05, 0) is 35.5 Å². The molecule has 0 heterocycles. The van der Waals surface area contributed by atoms with Crippen LogP contribution in [0.4, 0.5) is 0 Å². The maximum Gasteiger partial charge on any atom is 0.223 e. The zero-order valence-electron chi connectivity index (χ0n) is 12.2. The molecule has 2 heteroatoms. The van der Waals surface area contributed by atoms with Crippen LogP contribution < -0.4 is 5.32 Å². The summed E-state index contributed by atoms with van der Waals surface area (Å²) in [5, 5.41) is 3.32. The average Bonchev–Trinajstić information content (AvgIpc) is 2.99. The van der Waals surface area contributed by atoms with Crippen molar-refractivity contribution in [2.75, 3.05) is 0 Å². The summed E-state index contributed by atoms with van der Waals surface area (Å²) in [6, 6.07) is 0.235. The molecule has 0 bridgehead atoms. The van der Waals surface area contributed by atoms with Crippen molar-refractivity contribution in [2.24, 2.45) is 22.2 Å². The molecule has 0 saturated heterocycles. The van der Waals surface area contributed by atoms with Crippen LogP contribution in [-0.2, 0) is 4.79 Å². The van der Waals surface area contributed by atoms with Gasteiger partial charge in [0.1, 0.15) is 0 Å². The van der Waals surface area contributed by atoms with Crippen LogP contribution >= 0.6 is 0 Å². The van der Waals surface area contributed by atoms with Crippen LogP contribution in [0.15, 0.2) is 0 Å². The number of rotatable bonds is 2. The molecule has 1 atom stereocenters. The van der Waals surface area contributed by atoms with E-state index in [1.807, 2.05) is 0 Å². The number of carbonyl (C=O) groups excluding carboxylic acids is 1. The Hall–Kier alpha value is -0.530. The molecule has 98 valence electrons. The third-order valence-electron chi connectivity index (χ3n) is 4.42. The van der Waals surface area contributed by atoms with Crippen molar-refractivity contribution < 1.29 is 4.79 Å². The number of hydrogen-bond donors (Lipinski definition) is 1. The Labute approximate surface area is 106 Å². The molecule has 2 nitrogen and oxygen atoms in total. The van der Waals surface area contributed by atoms with E-state index in [9.17, 15) is 4.79 Å². The van der Waals surface area contributed by atoms with Gasteiger partial charge in [0.2, 0.25) is 5.91 Å². The molecule has 2 aliphatic carbocycles. The number of hydrogen-bond acceptors (Lipinski definition) is 1. The molecule has 1 spiro atoms. The largest absolute Gasteiger partial charge is 0.352 e. The lowest BCUT2D eigenvalue weighted by atomic mass is 9.72. The minimum Gasteiger partial charge on any atom is -0.352 e. The summed E-state index contributed by atoms with van der Waals surface area (Å²) >= 11 is 0. The summed E-state index contributed by atoms with van der Waals surface area (Å²) in [6.45, 7) is 13.3. The second-order valence-electron chi connectivity index (χ2n) is 8.29. The number of amides is 1. The Balaban J connectivity index is 2.00. The van der Waals surface area contributed by atoms with E-state index in [2.05, 4.69) is 46.9 Å². The predicted octanol–water partition coefficient (Wildman–Crippen LogP) is 3.36. The first-order chi connectivity index (χ1) is 7.56. The van der Waals surface area contributed by atoms with Gasteiger partial charge in [-0.15, -0.1) is 0 Å². The third-order valence-corrected chi connectivity index (χ3v) is 4.42.